The molecule has 2 nitrogen and oxygen atoms in total. The molecule has 82 valence electrons. The van der Waals surface area contributed by atoms with Gasteiger partial charge in [-0.3, -0.25) is 0 Å². The lowest BCUT2D eigenvalue weighted by molar-refractivity contribution is 1.03. The third kappa shape index (κ3) is 1.70. The Bertz CT molecular complexity index is 497. The maximum atomic E-state index is 9.09. The number of rotatable bonds is 2. The molecule has 0 amide bonds. The van der Waals surface area contributed by atoms with Gasteiger partial charge in [-0.2, -0.15) is 0 Å². The van der Waals surface area contributed by atoms with Gasteiger partial charge in [0.1, 0.15) is 4.98 Å². The van der Waals surface area contributed by atoms with Crippen molar-refractivity contribution in [2.24, 2.45) is 0 Å². The van der Waals surface area contributed by atoms with E-state index in [9.17, 15) is 0 Å². The fourth-order valence-corrected chi connectivity index (χ4v) is 2.60. The van der Waals surface area contributed by atoms with Gasteiger partial charge >= 0.3 is 6.04 Å². The fraction of sp³-hybridized carbons (Fsp3) is 0.200. The van der Waals surface area contributed by atoms with Crippen molar-refractivity contribution in [3.05, 3.63) is 76.8 Å². The van der Waals surface area contributed by atoms with Gasteiger partial charge in [0.25, 0.3) is 0 Å². The van der Waals surface area contributed by atoms with Gasteiger partial charge in [0.05, 0.1) is 11.8 Å². The molecular weight excluding hydrogens is 208 g/mol. The van der Waals surface area contributed by atoms with Crippen LogP contribution in [0.2, 0.25) is 0 Å². The van der Waals surface area contributed by atoms with Crippen LogP contribution in [0.5, 0.6) is 0 Å². The molecule has 2 atom stereocenters. The normalized spacial score (nSPS) is 26.2. The average Bonchev–Trinajstić information content (AvgIpc) is 3.15. The van der Waals surface area contributed by atoms with Gasteiger partial charge in [-0.05, 0) is 11.1 Å². The summed E-state index contributed by atoms with van der Waals surface area (Å²) in [6, 6.07) is 20.6. The number of nitrogens with zero attached hydrogens (tertiary/aromatic N) is 2. The molecule has 2 aromatic rings. The molecule has 0 N–H and O–H groups in total. The van der Waals surface area contributed by atoms with Crippen LogP contribution < -0.4 is 0 Å². The molecule has 0 aliphatic heterocycles. The molecule has 0 radical (unpaired) electrons. The van der Waals surface area contributed by atoms with E-state index in [1.165, 1.54) is 11.1 Å². The Morgan fingerprint density at radius 2 is 1.12 bits per heavy atom. The lowest BCUT2D eigenvalue weighted by atomic mass is 10.0. The van der Waals surface area contributed by atoms with Crippen molar-refractivity contribution >= 4 is 0 Å². The van der Waals surface area contributed by atoms with Gasteiger partial charge in [0.15, 0.2) is 0 Å². The Labute approximate surface area is 101 Å². The smallest absolute Gasteiger partial charge is 0.0622 e. The highest BCUT2D eigenvalue weighted by Gasteiger charge is 2.63. The minimum atomic E-state index is 0.0137. The van der Waals surface area contributed by atoms with Gasteiger partial charge in [0.2, 0.25) is 5.39 Å². The summed E-state index contributed by atoms with van der Waals surface area (Å²) in [6.45, 7) is 0. The van der Waals surface area contributed by atoms with Gasteiger partial charge in [-0.25, -0.2) is 0 Å². The van der Waals surface area contributed by atoms with Crippen LogP contribution in [0.25, 0.3) is 4.98 Å². The van der Waals surface area contributed by atoms with E-state index in [2.05, 4.69) is 29.2 Å². The topological polar surface area (TPSA) is 28.1 Å². The fourth-order valence-electron chi connectivity index (χ4n) is 2.60. The lowest BCUT2D eigenvalue weighted by Gasteiger charge is -1.97. The summed E-state index contributed by atoms with van der Waals surface area (Å²) < 4.78 is 0. The number of benzene rings is 2. The van der Waals surface area contributed by atoms with Gasteiger partial charge in [-0.1, -0.05) is 60.7 Å². The van der Waals surface area contributed by atoms with E-state index >= 15 is 0 Å². The lowest BCUT2D eigenvalue weighted by Crippen LogP contribution is -1.82. The Hall–Kier alpha value is -2.14. The summed E-state index contributed by atoms with van der Waals surface area (Å²) >= 11 is 0. The molecule has 1 aliphatic rings. The monoisotopic (exact) mass is 221 g/mol. The second-order valence-corrected chi connectivity index (χ2v) is 4.48. The summed E-state index contributed by atoms with van der Waals surface area (Å²) in [4.78, 5) is 3.52. The molecule has 2 heteroatoms. The predicted octanol–water partition coefficient (Wildman–Crippen LogP) is 3.79. The summed E-state index contributed by atoms with van der Waals surface area (Å²) in [5.41, 5.74) is 2.51. The van der Waals surface area contributed by atoms with Crippen LogP contribution >= 0.6 is 0 Å². The summed E-state index contributed by atoms with van der Waals surface area (Å²) in [5, 5.41) is 9.09. The first-order valence-electron chi connectivity index (χ1n) is 5.86. The Morgan fingerprint density at radius 1 is 0.706 bits per heavy atom. The minimum absolute atomic E-state index is 0.0137. The molecule has 0 aromatic heterocycles. The zero-order valence-electron chi connectivity index (χ0n) is 9.40. The van der Waals surface area contributed by atoms with Crippen molar-refractivity contribution < 1.29 is 0 Å². The second kappa shape index (κ2) is 4.03. The largest absolute Gasteiger partial charge is 0.329 e. The molecular formula is C15H13N2+. The molecule has 0 heterocycles. The molecule has 0 saturated heterocycles. The Morgan fingerprint density at radius 3 is 1.47 bits per heavy atom. The SMILES string of the molecule is N#[N+]C1[C@@H](c2ccccc2)[C@@H]1c1ccccc1. The van der Waals surface area contributed by atoms with Crippen LogP contribution in [0, 0.1) is 5.39 Å². The molecule has 0 bridgehead atoms. The first-order valence-corrected chi connectivity index (χ1v) is 5.86. The van der Waals surface area contributed by atoms with Gasteiger partial charge in [-0.15, -0.1) is 0 Å². The average molecular weight is 221 g/mol. The van der Waals surface area contributed by atoms with E-state index in [4.69, 9.17) is 5.39 Å². The molecule has 17 heavy (non-hydrogen) atoms. The van der Waals surface area contributed by atoms with Crippen LogP contribution in [-0.4, -0.2) is 6.04 Å². The van der Waals surface area contributed by atoms with Crippen molar-refractivity contribution in [1.82, 2.24) is 0 Å². The quantitative estimate of drug-likeness (QED) is 0.709. The molecule has 2 aromatic carbocycles. The van der Waals surface area contributed by atoms with E-state index in [0.29, 0.717) is 11.8 Å². The highest BCUT2D eigenvalue weighted by atomic mass is 15.0. The zero-order chi connectivity index (χ0) is 11.7. The molecule has 3 rings (SSSR count). The van der Waals surface area contributed by atoms with Crippen LogP contribution in [0.4, 0.5) is 0 Å². The maximum Gasteiger partial charge on any atom is 0.329 e. The number of hydrogen-bond acceptors (Lipinski definition) is 1. The van der Waals surface area contributed by atoms with Crippen molar-refractivity contribution in [1.29, 1.82) is 5.39 Å². The third-order valence-corrected chi connectivity index (χ3v) is 3.48. The van der Waals surface area contributed by atoms with E-state index < -0.39 is 0 Å². The van der Waals surface area contributed by atoms with Gasteiger partial charge in [0, 0.05) is 0 Å². The number of hydrogen-bond donors (Lipinski definition) is 0. The molecule has 0 unspecified atom stereocenters. The summed E-state index contributed by atoms with van der Waals surface area (Å²) in [7, 11) is 0. The predicted molar refractivity (Wildman–Crippen MR) is 67.2 cm³/mol. The number of diazo groups is 1. The summed E-state index contributed by atoms with van der Waals surface area (Å²) in [6.07, 6.45) is 0. The molecule has 1 aliphatic carbocycles. The van der Waals surface area contributed by atoms with Crippen LogP contribution in [0.3, 0.4) is 0 Å². The van der Waals surface area contributed by atoms with Crippen molar-refractivity contribution in [2.45, 2.75) is 17.9 Å². The minimum Gasteiger partial charge on any atom is -0.0622 e. The van der Waals surface area contributed by atoms with Crippen LogP contribution in [-0.2, 0) is 0 Å². The second-order valence-electron chi connectivity index (χ2n) is 4.48. The standard InChI is InChI=1S/C15H13N2/c16-17-15-13(11-7-3-1-4-8-11)14(15)12-9-5-2-6-10-12/h1-10,13-15H/q+1/t13-,14-/m0/s1. The van der Waals surface area contributed by atoms with Crippen LogP contribution in [0.15, 0.2) is 60.7 Å². The van der Waals surface area contributed by atoms with E-state index in [-0.39, 0.29) is 6.04 Å². The van der Waals surface area contributed by atoms with Crippen molar-refractivity contribution in [2.75, 3.05) is 0 Å². The molecule has 0 spiro atoms. The third-order valence-electron chi connectivity index (χ3n) is 3.48. The maximum absolute atomic E-state index is 9.09. The van der Waals surface area contributed by atoms with Crippen LogP contribution in [0.1, 0.15) is 23.0 Å². The van der Waals surface area contributed by atoms with E-state index in [1.54, 1.807) is 0 Å². The van der Waals surface area contributed by atoms with Gasteiger partial charge < -0.3 is 0 Å². The van der Waals surface area contributed by atoms with Crippen molar-refractivity contribution in [3.8, 4) is 0 Å². The summed E-state index contributed by atoms with van der Waals surface area (Å²) in [5.74, 6) is 0.646. The first-order chi connectivity index (χ1) is 8.42. The van der Waals surface area contributed by atoms with E-state index in [1.807, 2.05) is 36.4 Å². The first kappa shape index (κ1) is 10.0. The molecule has 1 saturated carbocycles. The Kier molecular flexibility index (Phi) is 2.38. The highest BCUT2D eigenvalue weighted by Crippen LogP contribution is 2.56. The molecule has 1 fully saturated rings. The Balaban J connectivity index is 1.92. The zero-order valence-corrected chi connectivity index (χ0v) is 9.40. The van der Waals surface area contributed by atoms with Crippen molar-refractivity contribution in [3.63, 3.8) is 0 Å². The highest BCUT2D eigenvalue weighted by molar-refractivity contribution is 5.43. The van der Waals surface area contributed by atoms with E-state index in [0.717, 1.165) is 0 Å².